The molecule has 0 amide bonds. The van der Waals surface area contributed by atoms with E-state index in [9.17, 15) is 0 Å². The highest BCUT2D eigenvalue weighted by atomic mass is 16.5. The van der Waals surface area contributed by atoms with Crippen LogP contribution in [0.15, 0.2) is 36.8 Å². The van der Waals surface area contributed by atoms with E-state index in [4.69, 9.17) is 20.3 Å². The Bertz CT molecular complexity index is 1410. The van der Waals surface area contributed by atoms with E-state index >= 15 is 0 Å². The monoisotopic (exact) mass is 515 g/mol. The summed E-state index contributed by atoms with van der Waals surface area (Å²) in [6, 6.07) is 9.73. The van der Waals surface area contributed by atoms with Gasteiger partial charge in [-0.2, -0.15) is 5.10 Å². The van der Waals surface area contributed by atoms with Crippen LogP contribution in [-0.2, 0) is 16.0 Å². The molecule has 38 heavy (non-hydrogen) atoms. The number of benzene rings is 1. The van der Waals surface area contributed by atoms with Gasteiger partial charge in [0.2, 0.25) is 0 Å². The Morgan fingerprint density at radius 3 is 2.58 bits per heavy atom. The zero-order valence-corrected chi connectivity index (χ0v) is 22.0. The van der Waals surface area contributed by atoms with Gasteiger partial charge in [0, 0.05) is 54.9 Å². The number of nitrogens with zero attached hydrogens (tertiary/aromatic N) is 6. The fourth-order valence-corrected chi connectivity index (χ4v) is 6.74. The molecular formula is C29H37N7O2. The molecule has 1 saturated carbocycles. The molecule has 9 nitrogen and oxygen atoms in total. The molecule has 3 aliphatic rings. The predicted molar refractivity (Wildman–Crippen MR) is 148 cm³/mol. The predicted octanol–water partition coefficient (Wildman–Crippen LogP) is 4.42. The molecule has 1 unspecified atom stereocenters. The van der Waals surface area contributed by atoms with Crippen molar-refractivity contribution in [2.45, 2.75) is 69.7 Å². The molecule has 3 fully saturated rings. The molecule has 7 rings (SSSR count). The molecule has 0 bridgehead atoms. The van der Waals surface area contributed by atoms with Crippen molar-refractivity contribution in [1.29, 1.82) is 0 Å². The van der Waals surface area contributed by atoms with Crippen molar-refractivity contribution in [3.63, 3.8) is 0 Å². The van der Waals surface area contributed by atoms with Crippen molar-refractivity contribution in [3.05, 3.63) is 36.8 Å². The standard InChI is InChI=1S/C29H37N7O2/c30-28-26-27(21-4-9-25-20(17-21)10-11-35(25)18-24-3-1-2-14-38-24)33-36(29(26)32-19-31-28)23-7-5-22(6-8-23)34-12-15-37-16-13-34/h4,9-11,17,19,22-24H,1-3,5-8,12-16,18H2,(H2,30,31,32)/t22-,23-,24?. The smallest absolute Gasteiger partial charge is 0.164 e. The van der Waals surface area contributed by atoms with E-state index in [1.807, 2.05) is 0 Å². The minimum Gasteiger partial charge on any atom is -0.383 e. The van der Waals surface area contributed by atoms with Gasteiger partial charge in [-0.15, -0.1) is 0 Å². The van der Waals surface area contributed by atoms with Crippen molar-refractivity contribution in [2.75, 3.05) is 38.6 Å². The molecule has 2 aliphatic heterocycles. The molecule has 1 aliphatic carbocycles. The number of nitrogen functional groups attached to an aromatic ring is 1. The van der Waals surface area contributed by atoms with Crippen LogP contribution >= 0.6 is 0 Å². The summed E-state index contributed by atoms with van der Waals surface area (Å²) in [6.45, 7) is 5.57. The summed E-state index contributed by atoms with van der Waals surface area (Å²) in [5.74, 6) is 0.491. The fraction of sp³-hybridized carbons (Fsp3) is 0.552. The van der Waals surface area contributed by atoms with Gasteiger partial charge in [0.25, 0.3) is 0 Å². The molecule has 200 valence electrons. The van der Waals surface area contributed by atoms with Crippen LogP contribution in [0.1, 0.15) is 51.0 Å². The van der Waals surface area contributed by atoms with Gasteiger partial charge in [-0.05, 0) is 63.1 Å². The average molecular weight is 516 g/mol. The Balaban J connectivity index is 1.17. The van der Waals surface area contributed by atoms with Crippen molar-refractivity contribution < 1.29 is 9.47 Å². The first-order valence-corrected chi connectivity index (χ1v) is 14.3. The summed E-state index contributed by atoms with van der Waals surface area (Å²) >= 11 is 0. The van der Waals surface area contributed by atoms with E-state index in [1.54, 1.807) is 6.33 Å². The Morgan fingerprint density at radius 1 is 0.921 bits per heavy atom. The second kappa shape index (κ2) is 10.3. The first kappa shape index (κ1) is 24.1. The quantitative estimate of drug-likeness (QED) is 0.420. The van der Waals surface area contributed by atoms with Crippen LogP contribution < -0.4 is 5.73 Å². The summed E-state index contributed by atoms with van der Waals surface area (Å²) in [7, 11) is 0. The number of morpholine rings is 1. The number of aromatic nitrogens is 5. The number of ether oxygens (including phenoxy) is 2. The van der Waals surface area contributed by atoms with Gasteiger partial charge in [-0.1, -0.05) is 6.07 Å². The summed E-state index contributed by atoms with van der Waals surface area (Å²) in [4.78, 5) is 11.6. The highest BCUT2D eigenvalue weighted by Gasteiger charge is 2.30. The molecule has 2 saturated heterocycles. The number of hydrogen-bond donors (Lipinski definition) is 1. The first-order valence-electron chi connectivity index (χ1n) is 14.3. The third-order valence-electron chi connectivity index (χ3n) is 8.81. The molecule has 5 heterocycles. The lowest BCUT2D eigenvalue weighted by Crippen LogP contribution is -2.45. The molecular weight excluding hydrogens is 478 g/mol. The number of nitrogens with two attached hydrogens (primary N) is 1. The van der Waals surface area contributed by atoms with Gasteiger partial charge in [0.1, 0.15) is 17.8 Å². The fourth-order valence-electron chi connectivity index (χ4n) is 6.74. The number of fused-ring (bicyclic) bond motifs is 2. The summed E-state index contributed by atoms with van der Waals surface area (Å²) in [5, 5.41) is 7.22. The summed E-state index contributed by atoms with van der Waals surface area (Å²) in [5.41, 5.74) is 10.4. The van der Waals surface area contributed by atoms with E-state index in [2.05, 4.69) is 54.6 Å². The van der Waals surface area contributed by atoms with E-state index < -0.39 is 0 Å². The Morgan fingerprint density at radius 2 is 1.76 bits per heavy atom. The van der Waals surface area contributed by atoms with Gasteiger partial charge < -0.3 is 19.8 Å². The number of hydrogen-bond acceptors (Lipinski definition) is 7. The minimum absolute atomic E-state index is 0.300. The molecule has 2 N–H and O–H groups in total. The maximum atomic E-state index is 6.44. The highest BCUT2D eigenvalue weighted by Crippen LogP contribution is 2.37. The van der Waals surface area contributed by atoms with Crippen molar-refractivity contribution in [2.24, 2.45) is 0 Å². The minimum atomic E-state index is 0.300. The van der Waals surface area contributed by atoms with Gasteiger partial charge in [0.05, 0.1) is 30.7 Å². The van der Waals surface area contributed by atoms with Gasteiger partial charge in [-0.25, -0.2) is 14.6 Å². The molecule has 4 aromatic rings. The van der Waals surface area contributed by atoms with Crippen LogP contribution in [0.4, 0.5) is 5.82 Å². The molecule has 1 atom stereocenters. The largest absolute Gasteiger partial charge is 0.383 e. The van der Waals surface area contributed by atoms with E-state index in [-0.39, 0.29) is 0 Å². The third-order valence-corrected chi connectivity index (χ3v) is 8.81. The second-order valence-corrected chi connectivity index (χ2v) is 11.1. The van der Waals surface area contributed by atoms with E-state index in [0.717, 1.165) is 81.0 Å². The van der Waals surface area contributed by atoms with Crippen LogP contribution in [0.25, 0.3) is 33.2 Å². The van der Waals surface area contributed by atoms with Gasteiger partial charge in [-0.3, -0.25) is 4.90 Å². The van der Waals surface area contributed by atoms with Crippen LogP contribution in [0.3, 0.4) is 0 Å². The van der Waals surface area contributed by atoms with E-state index in [1.165, 1.54) is 36.6 Å². The third kappa shape index (κ3) is 4.46. The SMILES string of the molecule is Nc1ncnc2c1c(-c1ccc3c(ccn3CC3CCCCO3)c1)nn2[C@H]1CC[C@H](N2CCOCC2)CC1. The average Bonchev–Trinajstić information content (AvgIpc) is 3.56. The van der Waals surface area contributed by atoms with Crippen LogP contribution in [0, 0.1) is 0 Å². The maximum absolute atomic E-state index is 6.44. The van der Waals surface area contributed by atoms with Crippen molar-refractivity contribution in [1.82, 2.24) is 29.2 Å². The zero-order chi connectivity index (χ0) is 25.5. The molecule has 1 aromatic carbocycles. The maximum Gasteiger partial charge on any atom is 0.164 e. The zero-order valence-electron chi connectivity index (χ0n) is 22.0. The van der Waals surface area contributed by atoms with Crippen LogP contribution in [0.2, 0.25) is 0 Å². The summed E-state index contributed by atoms with van der Waals surface area (Å²) in [6.07, 6.45) is 12.1. The van der Waals surface area contributed by atoms with Crippen molar-refractivity contribution >= 4 is 27.8 Å². The second-order valence-electron chi connectivity index (χ2n) is 11.1. The number of rotatable bonds is 5. The Labute approximate surface area is 222 Å². The van der Waals surface area contributed by atoms with Crippen LogP contribution in [-0.4, -0.2) is 74.3 Å². The van der Waals surface area contributed by atoms with Gasteiger partial charge in [0.15, 0.2) is 5.65 Å². The number of anilines is 1. The van der Waals surface area contributed by atoms with Crippen molar-refractivity contribution in [3.8, 4) is 11.3 Å². The molecule has 0 spiro atoms. The van der Waals surface area contributed by atoms with E-state index in [0.29, 0.717) is 24.0 Å². The highest BCUT2D eigenvalue weighted by molar-refractivity contribution is 6.00. The Kier molecular flexibility index (Phi) is 6.51. The molecule has 3 aromatic heterocycles. The topological polar surface area (TPSA) is 96.2 Å². The summed E-state index contributed by atoms with van der Waals surface area (Å²) < 4.78 is 16.0. The Hall–Kier alpha value is -3.01. The lowest BCUT2D eigenvalue weighted by atomic mass is 9.90. The normalized spacial score (nSPS) is 25.3. The first-order chi connectivity index (χ1) is 18.7. The molecule has 0 radical (unpaired) electrons. The lowest BCUT2D eigenvalue weighted by Gasteiger charge is -2.38. The lowest BCUT2D eigenvalue weighted by molar-refractivity contribution is 0.00520. The van der Waals surface area contributed by atoms with Crippen LogP contribution in [0.5, 0.6) is 0 Å². The van der Waals surface area contributed by atoms with Gasteiger partial charge >= 0.3 is 0 Å². The molecule has 9 heteroatoms.